The number of benzene rings is 1. The second-order valence-corrected chi connectivity index (χ2v) is 4.54. The number of hydrogen-bond acceptors (Lipinski definition) is 3. The highest BCUT2D eigenvalue weighted by Crippen LogP contribution is 2.28. The molecule has 1 aromatic heterocycles. The number of pyridine rings is 1. The Kier molecular flexibility index (Phi) is 3.58. The maximum atomic E-state index is 5.76. The molecule has 0 amide bonds. The Morgan fingerprint density at radius 3 is 2.61 bits per heavy atom. The number of para-hydroxylation sites is 1. The van der Waals surface area contributed by atoms with Gasteiger partial charge in [0.05, 0.1) is 5.69 Å². The van der Waals surface area contributed by atoms with Gasteiger partial charge in [0.1, 0.15) is 4.99 Å². The summed E-state index contributed by atoms with van der Waals surface area (Å²) in [5.74, 6) is 0. The number of aryl methyl sites for hydroxylation is 1. The molecule has 0 saturated carbocycles. The van der Waals surface area contributed by atoms with E-state index in [9.17, 15) is 0 Å². The molecule has 3 nitrogen and oxygen atoms in total. The summed E-state index contributed by atoms with van der Waals surface area (Å²) in [6, 6.07) is 9.83. The molecular weight excluding hydrogens is 242 g/mol. The third-order valence-corrected chi connectivity index (χ3v) is 3.10. The highest BCUT2D eigenvalue weighted by molar-refractivity contribution is 7.80. The normalized spacial score (nSPS) is 10.1. The molecule has 0 atom stereocenters. The van der Waals surface area contributed by atoms with E-state index >= 15 is 0 Å². The van der Waals surface area contributed by atoms with E-state index in [1.54, 1.807) is 6.20 Å². The van der Waals surface area contributed by atoms with E-state index in [4.69, 9.17) is 18.0 Å². The summed E-state index contributed by atoms with van der Waals surface area (Å²) in [5, 5.41) is 0. The molecule has 0 unspecified atom stereocenters. The molecule has 18 heavy (non-hydrogen) atoms. The third kappa shape index (κ3) is 2.33. The Balaban J connectivity index is 2.50. The first-order valence-electron chi connectivity index (χ1n) is 5.64. The van der Waals surface area contributed by atoms with Gasteiger partial charge < -0.3 is 10.6 Å². The monoisotopic (exact) mass is 257 g/mol. The second-order valence-electron chi connectivity index (χ2n) is 4.10. The number of nitrogens with zero attached hydrogens (tertiary/aromatic N) is 2. The molecule has 2 N–H and O–H groups in total. The van der Waals surface area contributed by atoms with Crippen LogP contribution in [0.15, 0.2) is 42.7 Å². The van der Waals surface area contributed by atoms with E-state index in [1.807, 2.05) is 50.5 Å². The summed E-state index contributed by atoms with van der Waals surface area (Å²) < 4.78 is 0. The summed E-state index contributed by atoms with van der Waals surface area (Å²) >= 11 is 5.09. The lowest BCUT2D eigenvalue weighted by Gasteiger charge is -2.23. The zero-order chi connectivity index (χ0) is 13.1. The minimum Gasteiger partial charge on any atom is -0.389 e. The van der Waals surface area contributed by atoms with Crippen LogP contribution in [0.2, 0.25) is 0 Å². The largest absolute Gasteiger partial charge is 0.389 e. The first-order valence-corrected chi connectivity index (χ1v) is 6.05. The molecule has 1 aromatic carbocycles. The van der Waals surface area contributed by atoms with Crippen LogP contribution in [0.25, 0.3) is 0 Å². The summed E-state index contributed by atoms with van der Waals surface area (Å²) in [7, 11) is 2.00. The fourth-order valence-corrected chi connectivity index (χ4v) is 2.12. The van der Waals surface area contributed by atoms with Crippen molar-refractivity contribution in [1.29, 1.82) is 0 Å². The highest BCUT2D eigenvalue weighted by Gasteiger charge is 2.11. The van der Waals surface area contributed by atoms with Crippen molar-refractivity contribution in [2.24, 2.45) is 5.73 Å². The van der Waals surface area contributed by atoms with E-state index in [1.165, 1.54) is 0 Å². The first kappa shape index (κ1) is 12.5. The SMILES string of the molecule is Cc1cnccc1N(C)c1ccccc1C(N)=S. The molecule has 2 aromatic rings. The number of thiocarbonyl (C=S) groups is 1. The van der Waals surface area contributed by atoms with E-state index in [-0.39, 0.29) is 0 Å². The number of aromatic nitrogens is 1. The Morgan fingerprint density at radius 1 is 1.22 bits per heavy atom. The first-order chi connectivity index (χ1) is 8.61. The smallest absolute Gasteiger partial charge is 0.106 e. The Morgan fingerprint density at radius 2 is 1.94 bits per heavy atom. The maximum Gasteiger partial charge on any atom is 0.106 e. The molecule has 0 spiro atoms. The molecule has 0 aliphatic heterocycles. The van der Waals surface area contributed by atoms with E-state index < -0.39 is 0 Å². The predicted molar refractivity (Wildman–Crippen MR) is 79.4 cm³/mol. The van der Waals surface area contributed by atoms with Gasteiger partial charge in [-0.05, 0) is 30.7 Å². The van der Waals surface area contributed by atoms with Crippen LogP contribution >= 0.6 is 12.2 Å². The van der Waals surface area contributed by atoms with Crippen LogP contribution in [0, 0.1) is 6.92 Å². The van der Waals surface area contributed by atoms with Gasteiger partial charge in [-0.15, -0.1) is 0 Å². The minimum atomic E-state index is 0.407. The zero-order valence-electron chi connectivity index (χ0n) is 10.4. The van der Waals surface area contributed by atoms with Crippen molar-refractivity contribution < 1.29 is 0 Å². The van der Waals surface area contributed by atoms with Crippen LogP contribution < -0.4 is 10.6 Å². The molecular formula is C14H15N3S. The summed E-state index contributed by atoms with van der Waals surface area (Å²) in [4.78, 5) is 6.58. The molecule has 0 saturated heterocycles. The lowest BCUT2D eigenvalue weighted by molar-refractivity contribution is 1.15. The van der Waals surface area contributed by atoms with E-state index in [2.05, 4.69) is 9.88 Å². The lowest BCUT2D eigenvalue weighted by Crippen LogP contribution is -2.18. The third-order valence-electron chi connectivity index (χ3n) is 2.88. The van der Waals surface area contributed by atoms with Crippen molar-refractivity contribution in [2.45, 2.75) is 6.92 Å². The number of nitrogens with two attached hydrogens (primary N) is 1. The molecule has 0 radical (unpaired) electrons. The van der Waals surface area contributed by atoms with Crippen LogP contribution in [0.5, 0.6) is 0 Å². The highest BCUT2D eigenvalue weighted by atomic mass is 32.1. The quantitative estimate of drug-likeness (QED) is 0.859. The fraction of sp³-hybridized carbons (Fsp3) is 0.143. The van der Waals surface area contributed by atoms with Gasteiger partial charge in [0, 0.05) is 30.7 Å². The van der Waals surface area contributed by atoms with Crippen LogP contribution in [0.4, 0.5) is 11.4 Å². The molecule has 0 aliphatic rings. The minimum absolute atomic E-state index is 0.407. The average molecular weight is 257 g/mol. The molecule has 0 aliphatic carbocycles. The predicted octanol–water partition coefficient (Wildman–Crippen LogP) is 2.79. The van der Waals surface area contributed by atoms with Crippen LogP contribution in [-0.4, -0.2) is 17.0 Å². The van der Waals surface area contributed by atoms with Crippen molar-refractivity contribution >= 4 is 28.6 Å². The van der Waals surface area contributed by atoms with Crippen LogP contribution in [-0.2, 0) is 0 Å². The van der Waals surface area contributed by atoms with E-state index in [0.29, 0.717) is 4.99 Å². The molecule has 1 heterocycles. The molecule has 92 valence electrons. The average Bonchev–Trinajstić information content (AvgIpc) is 2.38. The standard InChI is InChI=1S/C14H15N3S/c1-10-9-16-8-7-12(10)17(2)13-6-4-3-5-11(13)14(15)18/h3-9H,1-2H3,(H2,15,18). The molecule has 2 rings (SSSR count). The van der Waals surface area contributed by atoms with Gasteiger partial charge in [-0.3, -0.25) is 4.98 Å². The Hall–Kier alpha value is -1.94. The number of anilines is 2. The zero-order valence-corrected chi connectivity index (χ0v) is 11.2. The molecule has 4 heteroatoms. The summed E-state index contributed by atoms with van der Waals surface area (Å²) in [6.45, 7) is 2.03. The molecule has 0 bridgehead atoms. The second kappa shape index (κ2) is 5.14. The van der Waals surface area contributed by atoms with Crippen LogP contribution in [0.3, 0.4) is 0 Å². The molecule has 0 fully saturated rings. The Labute approximate surface area is 112 Å². The van der Waals surface area contributed by atoms with Crippen molar-refractivity contribution in [2.75, 3.05) is 11.9 Å². The van der Waals surface area contributed by atoms with Gasteiger partial charge in [-0.1, -0.05) is 24.4 Å². The summed E-state index contributed by atoms with van der Waals surface area (Å²) in [5.41, 5.74) is 9.84. The fourth-order valence-electron chi connectivity index (χ4n) is 1.95. The Bertz CT molecular complexity index is 581. The number of hydrogen-bond donors (Lipinski definition) is 1. The van der Waals surface area contributed by atoms with Crippen LogP contribution in [0.1, 0.15) is 11.1 Å². The number of rotatable bonds is 3. The van der Waals surface area contributed by atoms with Gasteiger partial charge in [-0.2, -0.15) is 0 Å². The summed E-state index contributed by atoms with van der Waals surface area (Å²) in [6.07, 6.45) is 3.62. The van der Waals surface area contributed by atoms with Crippen molar-refractivity contribution in [3.8, 4) is 0 Å². The van der Waals surface area contributed by atoms with Gasteiger partial charge in [0.25, 0.3) is 0 Å². The van der Waals surface area contributed by atoms with Crippen molar-refractivity contribution in [3.63, 3.8) is 0 Å². The van der Waals surface area contributed by atoms with Gasteiger partial charge in [0.15, 0.2) is 0 Å². The van der Waals surface area contributed by atoms with Gasteiger partial charge >= 0.3 is 0 Å². The van der Waals surface area contributed by atoms with Crippen molar-refractivity contribution in [3.05, 3.63) is 53.9 Å². The van der Waals surface area contributed by atoms with Gasteiger partial charge in [0.2, 0.25) is 0 Å². The maximum absolute atomic E-state index is 5.76. The van der Waals surface area contributed by atoms with Crippen molar-refractivity contribution in [1.82, 2.24) is 4.98 Å². The lowest BCUT2D eigenvalue weighted by atomic mass is 10.1. The van der Waals surface area contributed by atoms with Gasteiger partial charge in [-0.25, -0.2) is 0 Å². The van der Waals surface area contributed by atoms with E-state index in [0.717, 1.165) is 22.5 Å². The topological polar surface area (TPSA) is 42.2 Å².